The van der Waals surface area contributed by atoms with Crippen LogP contribution in [0.15, 0.2) is 36.4 Å². The van der Waals surface area contributed by atoms with E-state index < -0.39 is 23.4 Å². The van der Waals surface area contributed by atoms with Gasteiger partial charge in [-0.25, -0.2) is 18.1 Å². The van der Waals surface area contributed by atoms with Crippen LogP contribution in [0.4, 0.5) is 20.2 Å². The van der Waals surface area contributed by atoms with Crippen LogP contribution < -0.4 is 28.7 Å². The first kappa shape index (κ1) is 31.2. The summed E-state index contributed by atoms with van der Waals surface area (Å²) in [5, 5.41) is 17.2. The maximum atomic E-state index is 14.2. The van der Waals surface area contributed by atoms with E-state index in [9.17, 15) is 18.4 Å². The first-order chi connectivity index (χ1) is 19.7. The van der Waals surface area contributed by atoms with E-state index in [0.717, 1.165) is 15.4 Å². The van der Waals surface area contributed by atoms with Crippen LogP contribution in [0, 0.1) is 23.0 Å². The Labute approximate surface area is 240 Å². The number of nitriles is 1. The van der Waals surface area contributed by atoms with Gasteiger partial charge >= 0.3 is 0 Å². The molecule has 0 atom stereocenters. The van der Waals surface area contributed by atoms with Gasteiger partial charge in [-0.15, -0.1) is 0 Å². The molecular formula is C28H32F2N10O2. The van der Waals surface area contributed by atoms with Crippen LogP contribution in [0.3, 0.4) is 0 Å². The number of nitrogens with two attached hydrogens (primary N) is 5. The highest BCUT2D eigenvalue weighted by atomic mass is 19.1. The minimum Gasteiger partial charge on any atom is -0.395 e. The minimum absolute atomic E-state index is 0.0152. The monoisotopic (exact) mass is 578 g/mol. The van der Waals surface area contributed by atoms with Crippen LogP contribution in [-0.4, -0.2) is 31.4 Å². The molecule has 0 aliphatic carbocycles. The number of benzene rings is 2. The van der Waals surface area contributed by atoms with Crippen molar-refractivity contribution in [1.29, 1.82) is 5.26 Å². The second-order valence-corrected chi connectivity index (χ2v) is 9.92. The van der Waals surface area contributed by atoms with Crippen molar-refractivity contribution in [2.75, 3.05) is 11.5 Å². The Morgan fingerprint density at radius 1 is 0.833 bits per heavy atom. The number of hydrogen-bond donors (Lipinski definition) is 5. The predicted octanol–water partition coefficient (Wildman–Crippen LogP) is 2.96. The van der Waals surface area contributed by atoms with Crippen molar-refractivity contribution in [3.63, 3.8) is 0 Å². The lowest BCUT2D eigenvalue weighted by molar-refractivity contribution is 0.0985. The quantitative estimate of drug-likeness (QED) is 0.219. The lowest BCUT2D eigenvalue weighted by Gasteiger charge is -2.08. The Morgan fingerprint density at radius 3 is 1.60 bits per heavy atom. The topological polar surface area (TPSA) is 224 Å². The van der Waals surface area contributed by atoms with Crippen molar-refractivity contribution in [2.24, 2.45) is 17.2 Å². The van der Waals surface area contributed by atoms with Gasteiger partial charge < -0.3 is 28.7 Å². The summed E-state index contributed by atoms with van der Waals surface area (Å²) in [5.41, 5.74) is 30.1. The number of primary amides is 2. The first-order valence-corrected chi connectivity index (χ1v) is 12.8. The van der Waals surface area contributed by atoms with Crippen LogP contribution in [0.5, 0.6) is 0 Å². The first-order valence-electron chi connectivity index (χ1n) is 12.8. The molecule has 0 unspecified atom stereocenters. The van der Waals surface area contributed by atoms with Crippen molar-refractivity contribution in [3.05, 3.63) is 81.9 Å². The number of carbonyl (C=O) groups is 2. The molecule has 42 heavy (non-hydrogen) atoms. The zero-order chi connectivity index (χ0) is 31.5. The number of halogens is 2. The standard InChI is InChI=1S/C14H18FN5O.C14H14FN5O/c2*1-7(2)12-11(17)13(14(18)21)20(19-12)10-4-3-8(6-16)5-9(10)15/h3-5,7H,6,16-17H2,1-2H3,(H2,18,21);3-5,7H,17H2,1-2H3,(H2,18,21). The fraction of sp³-hybridized carbons (Fsp3) is 0.250. The molecule has 0 spiro atoms. The third-order valence-electron chi connectivity index (χ3n) is 6.24. The van der Waals surface area contributed by atoms with Crippen LogP contribution >= 0.6 is 0 Å². The van der Waals surface area contributed by atoms with E-state index in [1.807, 2.05) is 33.8 Å². The molecule has 4 aromatic rings. The molecule has 10 N–H and O–H groups in total. The summed E-state index contributed by atoms with van der Waals surface area (Å²) in [7, 11) is 0. The van der Waals surface area contributed by atoms with Gasteiger partial charge in [0, 0.05) is 6.54 Å². The number of anilines is 2. The summed E-state index contributed by atoms with van der Waals surface area (Å²) in [6.07, 6.45) is 0. The van der Waals surface area contributed by atoms with Crippen LogP contribution in [0.25, 0.3) is 11.4 Å². The van der Waals surface area contributed by atoms with E-state index in [0.29, 0.717) is 17.0 Å². The average Bonchev–Trinajstić information content (AvgIpc) is 3.46. The highest BCUT2D eigenvalue weighted by Gasteiger charge is 2.25. The molecule has 0 fully saturated rings. The maximum absolute atomic E-state index is 14.2. The molecule has 0 saturated carbocycles. The Kier molecular flexibility index (Phi) is 9.28. The summed E-state index contributed by atoms with van der Waals surface area (Å²) < 4.78 is 30.5. The van der Waals surface area contributed by atoms with E-state index in [4.69, 9.17) is 33.9 Å². The van der Waals surface area contributed by atoms with Gasteiger partial charge in [-0.2, -0.15) is 15.5 Å². The van der Waals surface area contributed by atoms with Crippen molar-refractivity contribution in [3.8, 4) is 17.4 Å². The van der Waals surface area contributed by atoms with Gasteiger partial charge in [0.2, 0.25) is 0 Å². The molecule has 2 heterocycles. The Morgan fingerprint density at radius 2 is 1.26 bits per heavy atom. The van der Waals surface area contributed by atoms with Crippen LogP contribution in [0.1, 0.15) is 83.0 Å². The average molecular weight is 579 g/mol. The molecule has 0 aliphatic heterocycles. The molecule has 2 aromatic heterocycles. The Bertz CT molecular complexity index is 1700. The van der Waals surface area contributed by atoms with Gasteiger partial charge in [0.1, 0.15) is 23.0 Å². The number of rotatable bonds is 7. The van der Waals surface area contributed by atoms with Gasteiger partial charge in [0.25, 0.3) is 11.8 Å². The number of aromatic nitrogens is 4. The van der Waals surface area contributed by atoms with E-state index in [1.54, 1.807) is 6.07 Å². The van der Waals surface area contributed by atoms with Gasteiger partial charge in [-0.1, -0.05) is 33.8 Å². The number of amides is 2. The maximum Gasteiger partial charge on any atom is 0.269 e. The summed E-state index contributed by atoms with van der Waals surface area (Å²) in [6.45, 7) is 7.67. The van der Waals surface area contributed by atoms with Crippen molar-refractivity contribution in [2.45, 2.75) is 46.1 Å². The van der Waals surface area contributed by atoms with Gasteiger partial charge in [0.05, 0.1) is 34.4 Å². The third-order valence-corrected chi connectivity index (χ3v) is 6.24. The largest absolute Gasteiger partial charge is 0.395 e. The zero-order valence-corrected chi connectivity index (χ0v) is 23.5. The molecule has 0 aliphatic rings. The van der Waals surface area contributed by atoms with Crippen molar-refractivity contribution >= 4 is 23.2 Å². The number of nitrogens with zero attached hydrogens (tertiary/aromatic N) is 5. The second kappa shape index (κ2) is 12.5. The molecule has 220 valence electrons. The molecule has 0 saturated heterocycles. The number of carbonyl (C=O) groups excluding carboxylic acids is 2. The van der Waals surface area contributed by atoms with E-state index >= 15 is 0 Å². The fourth-order valence-corrected chi connectivity index (χ4v) is 4.17. The molecule has 14 heteroatoms. The lowest BCUT2D eigenvalue weighted by atomic mass is 10.1. The highest BCUT2D eigenvalue weighted by Crippen LogP contribution is 2.29. The molecule has 0 bridgehead atoms. The van der Waals surface area contributed by atoms with E-state index in [1.165, 1.54) is 24.3 Å². The summed E-state index contributed by atoms with van der Waals surface area (Å²) in [6, 6.07) is 10.1. The third kappa shape index (κ3) is 6.06. The smallest absolute Gasteiger partial charge is 0.269 e. The minimum atomic E-state index is -0.796. The van der Waals surface area contributed by atoms with Crippen LogP contribution in [0.2, 0.25) is 0 Å². The summed E-state index contributed by atoms with van der Waals surface area (Å²) >= 11 is 0. The number of hydrogen-bond acceptors (Lipinski definition) is 8. The van der Waals surface area contributed by atoms with Crippen LogP contribution in [-0.2, 0) is 6.54 Å². The summed E-state index contributed by atoms with van der Waals surface area (Å²) in [4.78, 5) is 23.2. The molecule has 2 amide bonds. The van der Waals surface area contributed by atoms with Crippen molar-refractivity contribution < 1.29 is 18.4 Å². The second-order valence-electron chi connectivity index (χ2n) is 9.92. The highest BCUT2D eigenvalue weighted by molar-refractivity contribution is 5.98. The SMILES string of the molecule is CC(C)c1nn(-c2ccc(C#N)cc2F)c(C(N)=O)c1N.CC(C)c1nn(-c2ccc(CN)cc2F)c(C(N)=O)c1N. The molecule has 0 radical (unpaired) electrons. The van der Waals surface area contributed by atoms with Gasteiger partial charge in [-0.05, 0) is 47.7 Å². The Hall–Kier alpha value is -5.29. The molecule has 12 nitrogen and oxygen atoms in total. The summed E-state index contributed by atoms with van der Waals surface area (Å²) in [5.74, 6) is -2.85. The fourth-order valence-electron chi connectivity index (χ4n) is 4.17. The number of nitrogen functional groups attached to an aromatic ring is 2. The van der Waals surface area contributed by atoms with E-state index in [2.05, 4.69) is 10.2 Å². The van der Waals surface area contributed by atoms with Crippen molar-refractivity contribution in [1.82, 2.24) is 19.6 Å². The predicted molar refractivity (Wildman–Crippen MR) is 154 cm³/mol. The zero-order valence-electron chi connectivity index (χ0n) is 23.5. The lowest BCUT2D eigenvalue weighted by Crippen LogP contribution is -2.19. The van der Waals surface area contributed by atoms with Gasteiger partial charge in [0.15, 0.2) is 11.4 Å². The normalized spacial score (nSPS) is 10.9. The van der Waals surface area contributed by atoms with E-state index in [-0.39, 0.29) is 58.1 Å². The Balaban J connectivity index is 0.000000230. The van der Waals surface area contributed by atoms with Gasteiger partial charge in [-0.3, -0.25) is 9.59 Å². The molecular weight excluding hydrogens is 546 g/mol. The molecule has 2 aromatic carbocycles. The molecule has 4 rings (SSSR count).